The van der Waals surface area contributed by atoms with Gasteiger partial charge in [-0.15, -0.1) is 12.4 Å². The molecule has 126 valence electrons. The molecule has 5 heteroatoms. The Morgan fingerprint density at radius 3 is 2.74 bits per heavy atom. The van der Waals surface area contributed by atoms with E-state index < -0.39 is 0 Å². The Kier molecular flexibility index (Phi) is 6.08. The first-order valence-corrected chi connectivity index (χ1v) is 8.22. The monoisotopic (exact) mass is 336 g/mol. The van der Waals surface area contributed by atoms with E-state index in [1.54, 1.807) is 0 Å². The first-order chi connectivity index (χ1) is 10.7. The molecule has 0 saturated heterocycles. The summed E-state index contributed by atoms with van der Waals surface area (Å²) in [7, 11) is 0. The SMILES string of the molecule is CCN(CC)CCC(=O)N1CCc2oc3ccccc3c2C1.Cl. The second-order valence-corrected chi connectivity index (χ2v) is 5.84. The molecule has 0 atom stereocenters. The molecule has 0 spiro atoms. The molecule has 0 fully saturated rings. The topological polar surface area (TPSA) is 36.7 Å². The van der Waals surface area contributed by atoms with Crippen molar-refractivity contribution in [3.05, 3.63) is 35.6 Å². The fourth-order valence-electron chi connectivity index (χ4n) is 3.20. The molecule has 0 saturated carbocycles. The molecule has 1 aromatic carbocycles. The Bertz CT molecular complexity index is 664. The number of hydrogen-bond acceptors (Lipinski definition) is 3. The van der Waals surface area contributed by atoms with Crippen LogP contribution in [-0.4, -0.2) is 41.9 Å². The highest BCUT2D eigenvalue weighted by atomic mass is 35.5. The Morgan fingerprint density at radius 1 is 1.26 bits per heavy atom. The minimum Gasteiger partial charge on any atom is -0.461 e. The van der Waals surface area contributed by atoms with Crippen molar-refractivity contribution in [2.45, 2.75) is 33.2 Å². The lowest BCUT2D eigenvalue weighted by Gasteiger charge is -2.27. The van der Waals surface area contributed by atoms with E-state index >= 15 is 0 Å². The highest BCUT2D eigenvalue weighted by Gasteiger charge is 2.25. The number of hydrogen-bond donors (Lipinski definition) is 0. The predicted octanol–water partition coefficient (Wildman–Crippen LogP) is 3.47. The number of rotatable bonds is 5. The number of nitrogens with zero attached hydrogens (tertiary/aromatic N) is 2. The van der Waals surface area contributed by atoms with Gasteiger partial charge >= 0.3 is 0 Å². The van der Waals surface area contributed by atoms with Gasteiger partial charge < -0.3 is 14.2 Å². The van der Waals surface area contributed by atoms with Crippen molar-refractivity contribution in [1.29, 1.82) is 0 Å². The van der Waals surface area contributed by atoms with Gasteiger partial charge in [-0.3, -0.25) is 4.79 Å². The summed E-state index contributed by atoms with van der Waals surface area (Å²) in [5, 5.41) is 1.15. The molecule has 1 aliphatic heterocycles. The first-order valence-electron chi connectivity index (χ1n) is 8.22. The third-order valence-electron chi connectivity index (χ3n) is 4.63. The number of carbonyl (C=O) groups is 1. The third-order valence-corrected chi connectivity index (χ3v) is 4.63. The number of fused-ring (bicyclic) bond motifs is 3. The van der Waals surface area contributed by atoms with E-state index in [-0.39, 0.29) is 18.3 Å². The van der Waals surface area contributed by atoms with Crippen molar-refractivity contribution in [2.75, 3.05) is 26.2 Å². The molecule has 4 nitrogen and oxygen atoms in total. The maximum absolute atomic E-state index is 12.5. The van der Waals surface area contributed by atoms with Gasteiger partial charge in [-0.1, -0.05) is 32.0 Å². The molecule has 0 bridgehead atoms. The van der Waals surface area contributed by atoms with Gasteiger partial charge in [0, 0.05) is 43.4 Å². The van der Waals surface area contributed by atoms with Crippen molar-refractivity contribution < 1.29 is 9.21 Å². The normalized spacial score (nSPS) is 14.0. The molecule has 0 N–H and O–H groups in total. The molecule has 1 aromatic heterocycles. The highest BCUT2D eigenvalue weighted by Crippen LogP contribution is 2.30. The van der Waals surface area contributed by atoms with Crippen LogP contribution in [0.5, 0.6) is 0 Å². The summed E-state index contributed by atoms with van der Waals surface area (Å²) in [6, 6.07) is 8.10. The maximum atomic E-state index is 12.5. The summed E-state index contributed by atoms with van der Waals surface area (Å²) in [6.07, 6.45) is 1.42. The average molecular weight is 337 g/mol. The lowest BCUT2D eigenvalue weighted by atomic mass is 10.0. The van der Waals surface area contributed by atoms with E-state index in [0.29, 0.717) is 13.0 Å². The standard InChI is InChI=1S/C18H24N2O2.ClH/c1-3-19(4-2)11-10-18(21)20-12-9-17-15(13-20)14-7-5-6-8-16(14)22-17;/h5-8H,3-4,9-13H2,1-2H3;1H. The fourth-order valence-corrected chi connectivity index (χ4v) is 3.20. The van der Waals surface area contributed by atoms with Crippen molar-refractivity contribution in [3.8, 4) is 0 Å². The maximum Gasteiger partial charge on any atom is 0.224 e. The van der Waals surface area contributed by atoms with Crippen molar-refractivity contribution in [3.63, 3.8) is 0 Å². The smallest absolute Gasteiger partial charge is 0.224 e. The van der Waals surface area contributed by atoms with Crippen molar-refractivity contribution in [1.82, 2.24) is 9.80 Å². The van der Waals surface area contributed by atoms with Crippen molar-refractivity contribution in [2.24, 2.45) is 0 Å². The number of halogens is 1. The van der Waals surface area contributed by atoms with Gasteiger partial charge in [0.05, 0.1) is 0 Å². The number of benzene rings is 1. The highest BCUT2D eigenvalue weighted by molar-refractivity contribution is 5.85. The zero-order valence-corrected chi connectivity index (χ0v) is 14.7. The molecular formula is C18H25ClN2O2. The fraction of sp³-hybridized carbons (Fsp3) is 0.500. The van der Waals surface area contributed by atoms with Gasteiger partial charge in [-0.2, -0.15) is 0 Å². The van der Waals surface area contributed by atoms with Crippen LogP contribution in [-0.2, 0) is 17.8 Å². The molecule has 1 aliphatic rings. The largest absolute Gasteiger partial charge is 0.461 e. The number of carbonyl (C=O) groups excluding carboxylic acids is 1. The Balaban J connectivity index is 0.00000192. The van der Waals surface area contributed by atoms with Crippen LogP contribution in [0.3, 0.4) is 0 Å². The van der Waals surface area contributed by atoms with Gasteiger partial charge in [0.25, 0.3) is 0 Å². The van der Waals surface area contributed by atoms with E-state index in [1.807, 2.05) is 23.1 Å². The molecule has 23 heavy (non-hydrogen) atoms. The summed E-state index contributed by atoms with van der Waals surface area (Å²) in [6.45, 7) is 8.58. The summed E-state index contributed by atoms with van der Waals surface area (Å²) in [5.74, 6) is 1.30. The Hall–Kier alpha value is -1.52. The summed E-state index contributed by atoms with van der Waals surface area (Å²) >= 11 is 0. The summed E-state index contributed by atoms with van der Waals surface area (Å²) < 4.78 is 5.91. The van der Waals surface area contributed by atoms with Crippen LogP contribution in [0.4, 0.5) is 0 Å². The molecule has 0 unspecified atom stereocenters. The Labute approximate surface area is 143 Å². The van der Waals surface area contributed by atoms with E-state index in [4.69, 9.17) is 4.42 Å². The molecule has 1 amide bonds. The quantitative estimate of drug-likeness (QED) is 0.839. The van der Waals surface area contributed by atoms with Gasteiger partial charge in [-0.05, 0) is 19.2 Å². The van der Waals surface area contributed by atoms with E-state index in [2.05, 4.69) is 24.8 Å². The van der Waals surface area contributed by atoms with Crippen LogP contribution in [0, 0.1) is 0 Å². The second-order valence-electron chi connectivity index (χ2n) is 5.84. The minimum absolute atomic E-state index is 0. The average Bonchev–Trinajstić information content (AvgIpc) is 2.93. The zero-order valence-electron chi connectivity index (χ0n) is 13.9. The molecule has 0 aliphatic carbocycles. The number of amides is 1. The van der Waals surface area contributed by atoms with Gasteiger partial charge in [0.2, 0.25) is 5.91 Å². The van der Waals surface area contributed by atoms with E-state index in [9.17, 15) is 4.79 Å². The van der Waals surface area contributed by atoms with E-state index in [1.165, 1.54) is 5.56 Å². The van der Waals surface area contributed by atoms with Gasteiger partial charge in [0.1, 0.15) is 11.3 Å². The first kappa shape index (κ1) is 17.8. The Morgan fingerprint density at radius 2 is 2.00 bits per heavy atom. The second kappa shape index (κ2) is 7.84. The lowest BCUT2D eigenvalue weighted by molar-refractivity contribution is -0.132. The molecular weight excluding hydrogens is 312 g/mol. The third kappa shape index (κ3) is 3.70. The number of furan rings is 1. The lowest BCUT2D eigenvalue weighted by Crippen LogP contribution is -2.37. The molecule has 2 heterocycles. The molecule has 2 aromatic rings. The number of para-hydroxylation sites is 1. The minimum atomic E-state index is 0. The van der Waals surface area contributed by atoms with Gasteiger partial charge in [0.15, 0.2) is 0 Å². The van der Waals surface area contributed by atoms with Crippen molar-refractivity contribution >= 4 is 29.3 Å². The summed E-state index contributed by atoms with van der Waals surface area (Å²) in [5.41, 5.74) is 2.13. The summed E-state index contributed by atoms with van der Waals surface area (Å²) in [4.78, 5) is 16.7. The van der Waals surface area contributed by atoms with Crippen LogP contribution < -0.4 is 0 Å². The van der Waals surface area contributed by atoms with Crippen LogP contribution in [0.2, 0.25) is 0 Å². The van der Waals surface area contributed by atoms with Crippen LogP contribution in [0.15, 0.2) is 28.7 Å². The molecule has 0 radical (unpaired) electrons. The zero-order chi connectivity index (χ0) is 15.5. The van der Waals surface area contributed by atoms with Crippen LogP contribution in [0.25, 0.3) is 11.0 Å². The predicted molar refractivity (Wildman–Crippen MR) is 95.0 cm³/mol. The van der Waals surface area contributed by atoms with Crippen LogP contribution in [0.1, 0.15) is 31.6 Å². The van der Waals surface area contributed by atoms with Gasteiger partial charge in [-0.25, -0.2) is 0 Å². The van der Waals surface area contributed by atoms with E-state index in [0.717, 1.165) is 49.3 Å². The van der Waals surface area contributed by atoms with Crippen LogP contribution >= 0.6 is 12.4 Å². The molecule has 3 rings (SSSR count).